The summed E-state index contributed by atoms with van der Waals surface area (Å²) in [5, 5.41) is 0. The molecule has 0 aromatic carbocycles. The molecular weight excluding hydrogens is 354 g/mol. The zero-order valence-electron chi connectivity index (χ0n) is 8.69. The minimum Gasteiger partial charge on any atom is -0.369 e. The number of amides is 2. The standard InChI is InChI=1S/C10H9Br2N3O2/c11-6-2-14-3-7(12)9(6)15-4-5(10(13)17)1-8(15)16/h2-3,5H,1,4H2,(H2,13,17). The molecule has 1 fully saturated rings. The highest BCUT2D eigenvalue weighted by Gasteiger charge is 2.35. The molecule has 0 saturated carbocycles. The van der Waals surface area contributed by atoms with Crippen LogP contribution in [0.4, 0.5) is 5.69 Å². The highest BCUT2D eigenvalue weighted by atomic mass is 79.9. The summed E-state index contributed by atoms with van der Waals surface area (Å²) < 4.78 is 1.40. The third kappa shape index (κ3) is 2.35. The average Bonchev–Trinajstić information content (AvgIpc) is 2.61. The summed E-state index contributed by atoms with van der Waals surface area (Å²) in [7, 11) is 0. The van der Waals surface area contributed by atoms with Crippen molar-refractivity contribution in [2.45, 2.75) is 6.42 Å². The molecule has 1 aliphatic heterocycles. The van der Waals surface area contributed by atoms with E-state index in [1.165, 1.54) is 0 Å². The molecule has 2 N–H and O–H groups in total. The molecule has 1 aromatic heterocycles. The van der Waals surface area contributed by atoms with E-state index in [2.05, 4.69) is 36.8 Å². The Morgan fingerprint density at radius 3 is 2.47 bits per heavy atom. The number of pyridine rings is 1. The summed E-state index contributed by atoms with van der Waals surface area (Å²) in [6.45, 7) is 0.315. The van der Waals surface area contributed by atoms with Crippen LogP contribution in [0, 0.1) is 5.92 Å². The normalized spacial score (nSPS) is 19.8. The molecule has 0 bridgehead atoms. The Morgan fingerprint density at radius 1 is 1.41 bits per heavy atom. The van der Waals surface area contributed by atoms with E-state index in [4.69, 9.17) is 5.73 Å². The van der Waals surface area contributed by atoms with Crippen molar-refractivity contribution >= 4 is 49.4 Å². The molecule has 5 nitrogen and oxygen atoms in total. The summed E-state index contributed by atoms with van der Waals surface area (Å²) in [5.41, 5.74) is 5.91. The molecule has 1 saturated heterocycles. The topological polar surface area (TPSA) is 76.3 Å². The Labute approximate surface area is 115 Å². The number of hydrogen-bond acceptors (Lipinski definition) is 3. The average molecular weight is 363 g/mol. The number of carbonyl (C=O) groups is 2. The van der Waals surface area contributed by atoms with Gasteiger partial charge >= 0.3 is 0 Å². The third-order valence-corrected chi connectivity index (χ3v) is 3.79. The van der Waals surface area contributed by atoms with E-state index in [0.717, 1.165) is 0 Å². The van der Waals surface area contributed by atoms with Gasteiger partial charge in [-0.1, -0.05) is 0 Å². The van der Waals surface area contributed by atoms with E-state index >= 15 is 0 Å². The van der Waals surface area contributed by atoms with Crippen molar-refractivity contribution in [3.8, 4) is 0 Å². The molecule has 2 amide bonds. The summed E-state index contributed by atoms with van der Waals surface area (Å²) >= 11 is 6.68. The lowest BCUT2D eigenvalue weighted by molar-refractivity contribution is -0.123. The van der Waals surface area contributed by atoms with Crippen molar-refractivity contribution in [1.82, 2.24) is 4.98 Å². The monoisotopic (exact) mass is 361 g/mol. The largest absolute Gasteiger partial charge is 0.369 e. The maximum Gasteiger partial charge on any atom is 0.227 e. The van der Waals surface area contributed by atoms with E-state index in [0.29, 0.717) is 21.2 Å². The number of primary amides is 1. The molecule has 17 heavy (non-hydrogen) atoms. The van der Waals surface area contributed by atoms with E-state index in [1.807, 2.05) is 0 Å². The Hall–Kier alpha value is -0.950. The lowest BCUT2D eigenvalue weighted by atomic mass is 10.1. The van der Waals surface area contributed by atoms with Crippen LogP contribution in [0.15, 0.2) is 21.3 Å². The van der Waals surface area contributed by atoms with Crippen LogP contribution < -0.4 is 10.6 Å². The quantitative estimate of drug-likeness (QED) is 0.864. The highest BCUT2D eigenvalue weighted by molar-refractivity contribution is 9.11. The summed E-state index contributed by atoms with van der Waals surface area (Å²) in [4.78, 5) is 28.5. The smallest absolute Gasteiger partial charge is 0.227 e. The SMILES string of the molecule is NC(=O)C1CC(=O)N(c2c(Br)cncc2Br)C1. The van der Waals surface area contributed by atoms with Gasteiger partial charge in [0, 0.05) is 25.4 Å². The number of nitrogens with zero attached hydrogens (tertiary/aromatic N) is 2. The second kappa shape index (κ2) is 4.73. The zero-order chi connectivity index (χ0) is 12.6. The van der Waals surface area contributed by atoms with Crippen molar-refractivity contribution in [3.05, 3.63) is 21.3 Å². The van der Waals surface area contributed by atoms with E-state index in [-0.39, 0.29) is 12.3 Å². The predicted molar refractivity (Wildman–Crippen MR) is 69.3 cm³/mol. The fourth-order valence-corrected chi connectivity index (χ4v) is 3.13. The third-order valence-electron chi connectivity index (χ3n) is 2.63. The van der Waals surface area contributed by atoms with Crippen LogP contribution in [-0.2, 0) is 9.59 Å². The van der Waals surface area contributed by atoms with Gasteiger partial charge in [-0.05, 0) is 31.9 Å². The number of hydrogen-bond donors (Lipinski definition) is 1. The first-order valence-electron chi connectivity index (χ1n) is 4.89. The van der Waals surface area contributed by atoms with E-state index < -0.39 is 11.8 Å². The fourth-order valence-electron chi connectivity index (χ4n) is 1.78. The van der Waals surface area contributed by atoms with Gasteiger partial charge in [0.1, 0.15) is 0 Å². The number of rotatable bonds is 2. The van der Waals surface area contributed by atoms with Gasteiger partial charge in [0.25, 0.3) is 0 Å². The Morgan fingerprint density at radius 2 is 2.00 bits per heavy atom. The van der Waals surface area contributed by atoms with Crippen LogP contribution in [0.2, 0.25) is 0 Å². The Kier molecular flexibility index (Phi) is 3.48. The van der Waals surface area contributed by atoms with Gasteiger partial charge in [-0.2, -0.15) is 0 Å². The van der Waals surface area contributed by atoms with Crippen LogP contribution in [0.3, 0.4) is 0 Å². The van der Waals surface area contributed by atoms with Crippen LogP contribution in [0.5, 0.6) is 0 Å². The molecule has 0 spiro atoms. The molecule has 0 radical (unpaired) electrons. The van der Waals surface area contributed by atoms with Crippen molar-refractivity contribution < 1.29 is 9.59 Å². The minimum absolute atomic E-state index is 0.110. The second-order valence-electron chi connectivity index (χ2n) is 3.76. The van der Waals surface area contributed by atoms with Crippen molar-refractivity contribution in [1.29, 1.82) is 0 Å². The number of carbonyl (C=O) groups excluding carboxylic acids is 2. The molecule has 0 aliphatic carbocycles. The zero-order valence-corrected chi connectivity index (χ0v) is 11.9. The van der Waals surface area contributed by atoms with Crippen LogP contribution in [-0.4, -0.2) is 23.3 Å². The van der Waals surface area contributed by atoms with E-state index in [1.54, 1.807) is 17.3 Å². The van der Waals surface area contributed by atoms with Crippen molar-refractivity contribution in [2.24, 2.45) is 11.7 Å². The van der Waals surface area contributed by atoms with E-state index in [9.17, 15) is 9.59 Å². The van der Waals surface area contributed by atoms with Gasteiger partial charge in [0.2, 0.25) is 11.8 Å². The van der Waals surface area contributed by atoms with Gasteiger partial charge in [0.05, 0.1) is 20.6 Å². The maximum atomic E-state index is 11.9. The highest BCUT2D eigenvalue weighted by Crippen LogP contribution is 2.36. The first-order valence-corrected chi connectivity index (χ1v) is 6.48. The minimum atomic E-state index is -0.442. The molecule has 2 rings (SSSR count). The van der Waals surface area contributed by atoms with Gasteiger partial charge in [-0.15, -0.1) is 0 Å². The Balaban J connectivity index is 2.35. The Bertz CT molecular complexity index is 472. The second-order valence-corrected chi connectivity index (χ2v) is 5.47. The molecule has 1 unspecified atom stereocenters. The van der Waals surface area contributed by atoms with Crippen LogP contribution in [0.1, 0.15) is 6.42 Å². The van der Waals surface area contributed by atoms with Gasteiger partial charge in [0.15, 0.2) is 0 Å². The molecule has 1 atom stereocenters. The van der Waals surface area contributed by atoms with Crippen LogP contribution in [0.25, 0.3) is 0 Å². The van der Waals surface area contributed by atoms with Gasteiger partial charge < -0.3 is 10.6 Å². The number of aromatic nitrogens is 1. The molecule has 1 aromatic rings. The maximum absolute atomic E-state index is 11.9. The number of nitrogens with two attached hydrogens (primary N) is 1. The van der Waals surface area contributed by atoms with Crippen LogP contribution >= 0.6 is 31.9 Å². The lowest BCUT2D eigenvalue weighted by Gasteiger charge is -2.19. The molecular formula is C10H9Br2N3O2. The molecule has 2 heterocycles. The van der Waals surface area contributed by atoms with Gasteiger partial charge in [-0.25, -0.2) is 0 Å². The molecule has 90 valence electrons. The first-order chi connectivity index (χ1) is 8.00. The molecule has 7 heteroatoms. The summed E-state index contributed by atoms with van der Waals surface area (Å²) in [6.07, 6.45) is 3.37. The number of anilines is 1. The van der Waals surface area contributed by atoms with Gasteiger partial charge in [-0.3, -0.25) is 14.6 Å². The summed E-state index contributed by atoms with van der Waals surface area (Å²) in [6, 6.07) is 0. The number of halogens is 2. The van der Waals surface area contributed by atoms with Crippen molar-refractivity contribution in [3.63, 3.8) is 0 Å². The van der Waals surface area contributed by atoms with Crippen molar-refractivity contribution in [2.75, 3.05) is 11.4 Å². The fraction of sp³-hybridized carbons (Fsp3) is 0.300. The predicted octanol–water partition coefficient (Wildman–Crippen LogP) is 1.44. The summed E-state index contributed by atoms with van der Waals surface area (Å²) in [5.74, 6) is -0.974. The molecule has 1 aliphatic rings. The lowest BCUT2D eigenvalue weighted by Crippen LogP contribution is -2.28. The first kappa shape index (κ1) is 12.5.